The summed E-state index contributed by atoms with van der Waals surface area (Å²) in [6.07, 6.45) is 6.91. The van der Waals surface area contributed by atoms with Crippen LogP contribution in [0.2, 0.25) is 0 Å². The Labute approximate surface area is 126 Å². The highest BCUT2D eigenvalue weighted by Gasteiger charge is 2.30. The summed E-state index contributed by atoms with van der Waals surface area (Å²) < 4.78 is 1.20. The Bertz CT molecular complexity index is 395. The maximum absolute atomic E-state index is 3.64. The molecule has 1 aliphatic rings. The number of aryl methyl sites for hydroxylation is 1. The standard InChI is InChI=1S/C17H26BrN/c1-4-13-7-5-6-8-16(13)17(19-3)14-9-12(2)10-15(18)11-14/h9-11,13,16-17,19H,4-8H2,1-3H3. The molecule has 0 aliphatic heterocycles. The van der Waals surface area contributed by atoms with E-state index in [4.69, 9.17) is 0 Å². The van der Waals surface area contributed by atoms with Crippen molar-refractivity contribution in [2.45, 2.75) is 52.0 Å². The molecule has 0 radical (unpaired) electrons. The van der Waals surface area contributed by atoms with E-state index in [1.54, 1.807) is 0 Å². The minimum Gasteiger partial charge on any atom is -0.313 e. The minimum atomic E-state index is 0.501. The van der Waals surface area contributed by atoms with E-state index in [0.717, 1.165) is 11.8 Å². The Balaban J connectivity index is 2.27. The molecule has 0 aromatic heterocycles. The molecule has 3 atom stereocenters. The van der Waals surface area contributed by atoms with E-state index >= 15 is 0 Å². The highest BCUT2D eigenvalue weighted by Crippen LogP contribution is 2.40. The smallest absolute Gasteiger partial charge is 0.0349 e. The first kappa shape index (κ1) is 15.1. The number of halogens is 1. The van der Waals surface area contributed by atoms with Gasteiger partial charge in [0.1, 0.15) is 0 Å². The molecule has 0 spiro atoms. The molecule has 1 aromatic carbocycles. The number of benzene rings is 1. The zero-order valence-electron chi connectivity index (χ0n) is 12.4. The first-order valence-electron chi connectivity index (χ1n) is 7.60. The molecule has 2 rings (SSSR count). The lowest BCUT2D eigenvalue weighted by molar-refractivity contribution is 0.180. The van der Waals surface area contributed by atoms with Crippen LogP contribution in [0.15, 0.2) is 22.7 Å². The number of nitrogens with one attached hydrogen (secondary N) is 1. The zero-order valence-corrected chi connectivity index (χ0v) is 14.0. The third kappa shape index (κ3) is 3.61. The molecular formula is C17H26BrN. The Kier molecular flexibility index (Phi) is 5.47. The largest absolute Gasteiger partial charge is 0.313 e. The summed E-state index contributed by atoms with van der Waals surface area (Å²) in [6, 6.07) is 7.32. The molecule has 0 saturated heterocycles. The highest BCUT2D eigenvalue weighted by atomic mass is 79.9. The predicted molar refractivity (Wildman–Crippen MR) is 86.4 cm³/mol. The summed E-state index contributed by atoms with van der Waals surface area (Å²) in [7, 11) is 2.11. The monoisotopic (exact) mass is 323 g/mol. The summed E-state index contributed by atoms with van der Waals surface area (Å²) in [6.45, 7) is 4.53. The molecule has 1 aromatic rings. The van der Waals surface area contributed by atoms with Crippen molar-refractivity contribution in [3.63, 3.8) is 0 Å². The fourth-order valence-electron chi connectivity index (χ4n) is 3.75. The van der Waals surface area contributed by atoms with E-state index in [2.05, 4.69) is 60.3 Å². The summed E-state index contributed by atoms with van der Waals surface area (Å²) in [5, 5.41) is 3.59. The van der Waals surface area contributed by atoms with Gasteiger partial charge < -0.3 is 5.32 Å². The molecular weight excluding hydrogens is 298 g/mol. The number of hydrogen-bond acceptors (Lipinski definition) is 1. The van der Waals surface area contributed by atoms with Crippen molar-refractivity contribution in [2.75, 3.05) is 7.05 Å². The second kappa shape index (κ2) is 6.90. The molecule has 1 N–H and O–H groups in total. The van der Waals surface area contributed by atoms with Crippen LogP contribution >= 0.6 is 15.9 Å². The van der Waals surface area contributed by atoms with Crippen molar-refractivity contribution in [3.8, 4) is 0 Å². The van der Waals surface area contributed by atoms with Gasteiger partial charge in [-0.25, -0.2) is 0 Å². The maximum atomic E-state index is 3.64. The first-order valence-corrected chi connectivity index (χ1v) is 8.39. The van der Waals surface area contributed by atoms with Gasteiger partial charge in [0.25, 0.3) is 0 Å². The molecule has 1 saturated carbocycles. The van der Waals surface area contributed by atoms with Gasteiger partial charge in [-0.1, -0.05) is 54.6 Å². The van der Waals surface area contributed by atoms with Crippen LogP contribution in [0.25, 0.3) is 0 Å². The lowest BCUT2D eigenvalue weighted by Crippen LogP contribution is -2.32. The fraction of sp³-hybridized carbons (Fsp3) is 0.647. The van der Waals surface area contributed by atoms with E-state index in [1.165, 1.54) is 47.7 Å². The average Bonchev–Trinajstić information content (AvgIpc) is 2.39. The Morgan fingerprint density at radius 1 is 1.26 bits per heavy atom. The Hall–Kier alpha value is -0.340. The van der Waals surface area contributed by atoms with Gasteiger partial charge in [-0.3, -0.25) is 0 Å². The van der Waals surface area contributed by atoms with E-state index in [1.807, 2.05) is 0 Å². The third-order valence-electron chi connectivity index (χ3n) is 4.65. The van der Waals surface area contributed by atoms with Gasteiger partial charge in [0.2, 0.25) is 0 Å². The first-order chi connectivity index (χ1) is 9.15. The molecule has 19 heavy (non-hydrogen) atoms. The molecule has 3 unspecified atom stereocenters. The van der Waals surface area contributed by atoms with Crippen molar-refractivity contribution < 1.29 is 0 Å². The van der Waals surface area contributed by atoms with Gasteiger partial charge in [0.15, 0.2) is 0 Å². The lowest BCUT2D eigenvalue weighted by atomic mass is 9.72. The van der Waals surface area contributed by atoms with Crippen LogP contribution in [-0.4, -0.2) is 7.05 Å². The van der Waals surface area contributed by atoms with Crippen molar-refractivity contribution in [1.29, 1.82) is 0 Å². The third-order valence-corrected chi connectivity index (χ3v) is 5.11. The lowest BCUT2D eigenvalue weighted by Gasteiger charge is -2.37. The number of rotatable bonds is 4. The van der Waals surface area contributed by atoms with Gasteiger partial charge in [0, 0.05) is 10.5 Å². The molecule has 0 amide bonds. The fourth-order valence-corrected chi connectivity index (χ4v) is 4.38. The molecule has 1 nitrogen and oxygen atoms in total. The van der Waals surface area contributed by atoms with Gasteiger partial charge in [-0.2, -0.15) is 0 Å². The summed E-state index contributed by atoms with van der Waals surface area (Å²) in [5.74, 6) is 1.67. The molecule has 2 heteroatoms. The van der Waals surface area contributed by atoms with E-state index in [-0.39, 0.29) is 0 Å². The Morgan fingerprint density at radius 3 is 2.63 bits per heavy atom. The highest BCUT2D eigenvalue weighted by molar-refractivity contribution is 9.10. The molecule has 0 bridgehead atoms. The quantitative estimate of drug-likeness (QED) is 0.799. The normalized spacial score (nSPS) is 25.3. The zero-order chi connectivity index (χ0) is 13.8. The molecule has 1 aliphatic carbocycles. The Morgan fingerprint density at radius 2 is 2.00 bits per heavy atom. The van der Waals surface area contributed by atoms with Crippen LogP contribution in [0.1, 0.15) is 56.2 Å². The van der Waals surface area contributed by atoms with Gasteiger partial charge in [0.05, 0.1) is 0 Å². The van der Waals surface area contributed by atoms with Gasteiger partial charge in [-0.05, 0) is 55.5 Å². The van der Waals surface area contributed by atoms with E-state index in [9.17, 15) is 0 Å². The van der Waals surface area contributed by atoms with Crippen LogP contribution in [0, 0.1) is 18.8 Å². The number of hydrogen-bond donors (Lipinski definition) is 1. The topological polar surface area (TPSA) is 12.0 Å². The van der Waals surface area contributed by atoms with Crippen molar-refractivity contribution in [1.82, 2.24) is 5.32 Å². The van der Waals surface area contributed by atoms with Crippen LogP contribution in [0.4, 0.5) is 0 Å². The SMILES string of the molecule is CCC1CCCCC1C(NC)c1cc(C)cc(Br)c1. The van der Waals surface area contributed by atoms with Gasteiger partial charge in [-0.15, -0.1) is 0 Å². The van der Waals surface area contributed by atoms with E-state index < -0.39 is 0 Å². The van der Waals surface area contributed by atoms with Crippen molar-refractivity contribution >= 4 is 15.9 Å². The second-order valence-electron chi connectivity index (χ2n) is 5.94. The average molecular weight is 324 g/mol. The van der Waals surface area contributed by atoms with Gasteiger partial charge >= 0.3 is 0 Å². The van der Waals surface area contributed by atoms with E-state index in [0.29, 0.717) is 6.04 Å². The molecule has 106 valence electrons. The molecule has 0 heterocycles. The van der Waals surface area contributed by atoms with Crippen LogP contribution in [0.5, 0.6) is 0 Å². The summed E-state index contributed by atoms with van der Waals surface area (Å²) in [4.78, 5) is 0. The summed E-state index contributed by atoms with van der Waals surface area (Å²) >= 11 is 3.64. The molecule has 1 fully saturated rings. The summed E-state index contributed by atoms with van der Waals surface area (Å²) in [5.41, 5.74) is 2.79. The van der Waals surface area contributed by atoms with Crippen molar-refractivity contribution in [2.24, 2.45) is 11.8 Å². The predicted octanol–water partition coefficient (Wildman–Crippen LogP) is 5.23. The minimum absolute atomic E-state index is 0.501. The van der Waals surface area contributed by atoms with Crippen LogP contribution in [0.3, 0.4) is 0 Å². The van der Waals surface area contributed by atoms with Crippen molar-refractivity contribution in [3.05, 3.63) is 33.8 Å². The maximum Gasteiger partial charge on any atom is 0.0349 e. The second-order valence-corrected chi connectivity index (χ2v) is 6.86. The van der Waals surface area contributed by atoms with Crippen LogP contribution < -0.4 is 5.32 Å². The van der Waals surface area contributed by atoms with Crippen LogP contribution in [-0.2, 0) is 0 Å².